The van der Waals surface area contributed by atoms with E-state index in [0.717, 1.165) is 35.9 Å². The number of aryl methyl sites for hydroxylation is 1. The maximum atomic E-state index is 13.5. The zero-order valence-electron chi connectivity index (χ0n) is 16.8. The molecule has 0 bridgehead atoms. The monoisotopic (exact) mass is 440 g/mol. The molecule has 0 heterocycles. The van der Waals surface area contributed by atoms with Crippen LogP contribution in [0.4, 0.5) is 15.8 Å². The molecule has 0 spiro atoms. The molecule has 2 rings (SSSR count). The van der Waals surface area contributed by atoms with Gasteiger partial charge in [0.15, 0.2) is 0 Å². The van der Waals surface area contributed by atoms with Crippen molar-refractivity contribution in [2.24, 2.45) is 0 Å². The van der Waals surface area contributed by atoms with Crippen LogP contribution in [0.15, 0.2) is 42.5 Å². The zero-order valence-corrected chi connectivity index (χ0v) is 18.4. The van der Waals surface area contributed by atoms with Crippen LogP contribution in [0.1, 0.15) is 38.7 Å². The summed E-state index contributed by atoms with van der Waals surface area (Å²) in [6.07, 6.45) is 4.39. The molecule has 8 heteroatoms. The number of carbonyl (C=O) groups is 1. The molecule has 2 aromatic carbocycles. The molecule has 158 valence electrons. The molecule has 0 aliphatic rings. The topological polar surface area (TPSA) is 66.5 Å². The summed E-state index contributed by atoms with van der Waals surface area (Å²) in [6, 6.07) is 10.1. The third-order valence-corrected chi connectivity index (χ3v) is 6.00. The van der Waals surface area contributed by atoms with Gasteiger partial charge in [-0.05, 0) is 55.2 Å². The highest BCUT2D eigenvalue weighted by Crippen LogP contribution is 2.27. The van der Waals surface area contributed by atoms with Crippen LogP contribution in [0.25, 0.3) is 0 Å². The predicted molar refractivity (Wildman–Crippen MR) is 116 cm³/mol. The number of carbonyl (C=O) groups excluding carboxylic acids is 1. The third-order valence-electron chi connectivity index (χ3n) is 4.53. The number of nitrogens with one attached hydrogen (secondary N) is 1. The number of sulfonamides is 1. The molecule has 1 amide bonds. The molecule has 0 aliphatic heterocycles. The molecule has 5 nitrogen and oxygen atoms in total. The highest BCUT2D eigenvalue weighted by atomic mass is 35.5. The maximum absolute atomic E-state index is 13.5. The summed E-state index contributed by atoms with van der Waals surface area (Å²) in [5.74, 6) is -1.13. The van der Waals surface area contributed by atoms with Crippen molar-refractivity contribution in [2.45, 2.75) is 45.6 Å². The van der Waals surface area contributed by atoms with Crippen molar-refractivity contribution >= 4 is 38.9 Å². The Hall–Kier alpha value is -2.12. The highest BCUT2D eigenvalue weighted by Gasteiger charge is 2.32. The normalized spacial score (nSPS) is 12.4. The number of hydrogen-bond acceptors (Lipinski definition) is 3. The van der Waals surface area contributed by atoms with E-state index in [0.29, 0.717) is 5.69 Å². The van der Waals surface area contributed by atoms with E-state index >= 15 is 0 Å². The van der Waals surface area contributed by atoms with Crippen LogP contribution in [-0.2, 0) is 21.2 Å². The molecule has 2 aromatic rings. The Morgan fingerprint density at radius 2 is 1.83 bits per heavy atom. The summed E-state index contributed by atoms with van der Waals surface area (Å²) >= 11 is 5.82. The number of nitrogens with zero attached hydrogens (tertiary/aromatic N) is 1. The first-order valence-electron chi connectivity index (χ1n) is 9.51. The summed E-state index contributed by atoms with van der Waals surface area (Å²) in [5, 5.41) is 2.56. The van der Waals surface area contributed by atoms with E-state index in [1.165, 1.54) is 17.7 Å². The maximum Gasteiger partial charge on any atom is 0.248 e. The van der Waals surface area contributed by atoms with Gasteiger partial charge >= 0.3 is 0 Å². The standard InChI is InChI=1S/C21H26ClFN2O3S/c1-4-6-7-15-8-10-16(11-9-15)24-21(26)20(5-2)25(29(3,27)28)17-12-13-19(23)18(22)14-17/h8-14,20H,4-7H2,1-3H3,(H,24,26). The van der Waals surface area contributed by atoms with Crippen LogP contribution >= 0.6 is 11.6 Å². The van der Waals surface area contributed by atoms with Gasteiger partial charge in [0.2, 0.25) is 15.9 Å². The van der Waals surface area contributed by atoms with Crippen molar-refractivity contribution in [3.63, 3.8) is 0 Å². The zero-order chi connectivity index (χ0) is 21.6. The first-order chi connectivity index (χ1) is 13.7. The van der Waals surface area contributed by atoms with Crippen molar-refractivity contribution < 1.29 is 17.6 Å². The van der Waals surface area contributed by atoms with Crippen LogP contribution in [0.3, 0.4) is 0 Å². The minimum Gasteiger partial charge on any atom is -0.324 e. The quantitative estimate of drug-likeness (QED) is 0.596. The van der Waals surface area contributed by atoms with Gasteiger partial charge in [0.25, 0.3) is 0 Å². The van der Waals surface area contributed by atoms with E-state index in [4.69, 9.17) is 11.6 Å². The van der Waals surface area contributed by atoms with Gasteiger partial charge in [-0.3, -0.25) is 9.10 Å². The van der Waals surface area contributed by atoms with Gasteiger partial charge in [-0.15, -0.1) is 0 Å². The van der Waals surface area contributed by atoms with Crippen molar-refractivity contribution in [2.75, 3.05) is 15.9 Å². The second-order valence-corrected chi connectivity index (χ2v) is 9.14. The number of rotatable bonds is 9. The smallest absolute Gasteiger partial charge is 0.248 e. The Kier molecular flexibility index (Phi) is 8.05. The first-order valence-corrected chi connectivity index (χ1v) is 11.7. The number of hydrogen-bond donors (Lipinski definition) is 1. The molecule has 0 fully saturated rings. The number of amides is 1. The molecule has 0 aromatic heterocycles. The van der Waals surface area contributed by atoms with E-state index in [2.05, 4.69) is 12.2 Å². The number of benzene rings is 2. The lowest BCUT2D eigenvalue weighted by Gasteiger charge is -2.30. The van der Waals surface area contributed by atoms with Gasteiger partial charge in [-0.2, -0.15) is 0 Å². The van der Waals surface area contributed by atoms with Gasteiger partial charge in [0, 0.05) is 5.69 Å². The van der Waals surface area contributed by atoms with Crippen LogP contribution in [0, 0.1) is 5.82 Å². The summed E-state index contributed by atoms with van der Waals surface area (Å²) in [5.41, 5.74) is 1.89. The van der Waals surface area contributed by atoms with Crippen molar-refractivity contribution in [3.05, 3.63) is 58.9 Å². The van der Waals surface area contributed by atoms with E-state index in [-0.39, 0.29) is 17.1 Å². The minimum atomic E-state index is -3.82. The van der Waals surface area contributed by atoms with Gasteiger partial charge < -0.3 is 5.32 Å². The van der Waals surface area contributed by atoms with Crippen molar-refractivity contribution in [1.82, 2.24) is 0 Å². The average molecular weight is 441 g/mol. The van der Waals surface area contributed by atoms with Crippen LogP contribution in [0.2, 0.25) is 5.02 Å². The van der Waals surface area contributed by atoms with Crippen LogP contribution < -0.4 is 9.62 Å². The first kappa shape index (κ1) is 23.2. The van der Waals surface area contributed by atoms with E-state index in [1.807, 2.05) is 12.1 Å². The van der Waals surface area contributed by atoms with Gasteiger partial charge in [-0.25, -0.2) is 12.8 Å². The van der Waals surface area contributed by atoms with E-state index < -0.39 is 27.8 Å². The molecule has 0 saturated carbocycles. The Morgan fingerprint density at radius 3 is 2.34 bits per heavy atom. The summed E-state index contributed by atoms with van der Waals surface area (Å²) in [4.78, 5) is 12.9. The molecule has 29 heavy (non-hydrogen) atoms. The Morgan fingerprint density at radius 1 is 1.17 bits per heavy atom. The number of halogens is 2. The fourth-order valence-corrected chi connectivity index (χ4v) is 4.42. The van der Waals surface area contributed by atoms with E-state index in [1.54, 1.807) is 19.1 Å². The fraction of sp³-hybridized carbons (Fsp3) is 0.381. The van der Waals surface area contributed by atoms with Gasteiger partial charge in [0.1, 0.15) is 11.9 Å². The number of unbranched alkanes of at least 4 members (excludes halogenated alkanes) is 1. The van der Waals surface area contributed by atoms with Crippen molar-refractivity contribution in [3.8, 4) is 0 Å². The largest absolute Gasteiger partial charge is 0.324 e. The Balaban J connectivity index is 2.27. The lowest BCUT2D eigenvalue weighted by Crippen LogP contribution is -2.47. The van der Waals surface area contributed by atoms with Crippen molar-refractivity contribution in [1.29, 1.82) is 0 Å². The lowest BCUT2D eigenvalue weighted by atomic mass is 10.1. The van der Waals surface area contributed by atoms with Crippen LogP contribution in [0.5, 0.6) is 0 Å². The molecule has 1 atom stereocenters. The molecule has 0 saturated heterocycles. The third kappa shape index (κ3) is 6.18. The predicted octanol–water partition coefficient (Wildman–Crippen LogP) is 5.01. The Bertz CT molecular complexity index is 949. The molecule has 0 radical (unpaired) electrons. The lowest BCUT2D eigenvalue weighted by molar-refractivity contribution is -0.117. The summed E-state index contributed by atoms with van der Waals surface area (Å²) in [7, 11) is -3.82. The second kappa shape index (κ2) is 10.1. The van der Waals surface area contributed by atoms with Gasteiger partial charge in [-0.1, -0.05) is 44.0 Å². The Labute approximate surface area is 176 Å². The SMILES string of the molecule is CCCCc1ccc(NC(=O)C(CC)N(c2ccc(F)c(Cl)c2)S(C)(=O)=O)cc1. The second-order valence-electron chi connectivity index (χ2n) is 6.87. The molecular formula is C21H26ClFN2O3S. The van der Waals surface area contributed by atoms with Crippen LogP contribution in [-0.4, -0.2) is 26.6 Å². The highest BCUT2D eigenvalue weighted by molar-refractivity contribution is 7.92. The summed E-state index contributed by atoms with van der Waals surface area (Å²) in [6.45, 7) is 3.84. The molecule has 1 unspecified atom stereocenters. The molecular weight excluding hydrogens is 415 g/mol. The fourth-order valence-electron chi connectivity index (χ4n) is 3.04. The van der Waals surface area contributed by atoms with E-state index in [9.17, 15) is 17.6 Å². The molecule has 1 N–H and O–H groups in total. The summed E-state index contributed by atoms with van der Waals surface area (Å²) < 4.78 is 39.4. The van der Waals surface area contributed by atoms with Gasteiger partial charge in [0.05, 0.1) is 17.0 Å². The number of anilines is 2. The minimum absolute atomic E-state index is 0.135. The average Bonchev–Trinajstić information content (AvgIpc) is 2.66. The molecule has 0 aliphatic carbocycles.